The third-order valence-electron chi connectivity index (χ3n) is 3.71. The van der Waals surface area contributed by atoms with Gasteiger partial charge in [-0.1, -0.05) is 0 Å². The van der Waals surface area contributed by atoms with Crippen LogP contribution in [0.15, 0.2) is 23.2 Å². The van der Waals surface area contributed by atoms with Gasteiger partial charge in [0.2, 0.25) is 0 Å². The average Bonchev–Trinajstić information content (AvgIpc) is 3.14. The number of rotatable bonds is 10. The van der Waals surface area contributed by atoms with E-state index in [1.165, 1.54) is 6.07 Å². The number of halogens is 2. The summed E-state index contributed by atoms with van der Waals surface area (Å²) >= 11 is 0. The summed E-state index contributed by atoms with van der Waals surface area (Å²) in [4.78, 5) is 4.47. The van der Waals surface area contributed by atoms with Crippen molar-refractivity contribution in [2.45, 2.75) is 25.9 Å². The van der Waals surface area contributed by atoms with E-state index in [2.05, 4.69) is 15.6 Å². The Morgan fingerprint density at radius 1 is 1.27 bits per heavy atom. The summed E-state index contributed by atoms with van der Waals surface area (Å²) < 4.78 is 42.3. The number of guanidine groups is 1. The van der Waals surface area contributed by atoms with Gasteiger partial charge in [-0.25, -0.2) is 8.78 Å². The number of nitrogens with zero attached hydrogens (tertiary/aromatic N) is 1. The molecule has 0 aliphatic carbocycles. The predicted molar refractivity (Wildman–Crippen MR) is 95.6 cm³/mol. The molecule has 1 aromatic rings. The third-order valence-corrected chi connectivity index (χ3v) is 3.71. The Bertz CT molecular complexity index is 567. The summed E-state index contributed by atoms with van der Waals surface area (Å²) in [5.74, 6) is -0.829. The van der Waals surface area contributed by atoms with Crippen molar-refractivity contribution in [1.82, 2.24) is 10.6 Å². The Hall–Kier alpha value is -1.93. The maximum Gasteiger partial charge on any atom is 0.191 e. The van der Waals surface area contributed by atoms with Gasteiger partial charge in [-0.3, -0.25) is 4.99 Å². The zero-order valence-corrected chi connectivity index (χ0v) is 15.1. The van der Waals surface area contributed by atoms with Crippen LogP contribution in [0.5, 0.6) is 5.75 Å². The first-order valence-corrected chi connectivity index (χ1v) is 8.98. The molecular weight excluding hydrogens is 344 g/mol. The molecule has 0 bridgehead atoms. The van der Waals surface area contributed by atoms with E-state index in [0.717, 1.165) is 38.1 Å². The molecule has 2 rings (SSSR count). The molecule has 6 nitrogen and oxygen atoms in total. The predicted octanol–water partition coefficient (Wildman–Crippen LogP) is 2.09. The zero-order valence-electron chi connectivity index (χ0n) is 15.1. The highest BCUT2D eigenvalue weighted by atomic mass is 19.2. The van der Waals surface area contributed by atoms with Crippen LogP contribution in [-0.4, -0.2) is 58.1 Å². The highest BCUT2D eigenvalue weighted by Crippen LogP contribution is 2.15. The number of ether oxygens (including phenoxy) is 3. The minimum Gasteiger partial charge on any atom is -0.492 e. The van der Waals surface area contributed by atoms with E-state index in [9.17, 15) is 8.78 Å². The Morgan fingerprint density at radius 3 is 2.88 bits per heavy atom. The second-order valence-electron chi connectivity index (χ2n) is 5.82. The lowest BCUT2D eigenvalue weighted by Gasteiger charge is -2.12. The highest BCUT2D eigenvalue weighted by Gasteiger charge is 2.15. The summed E-state index contributed by atoms with van der Waals surface area (Å²) in [6.07, 6.45) is 2.02. The standard InChI is InChI=1S/C18H27F2N3O3/c1-2-21-18(22-7-3-9-25-15-6-10-24-13-15)23-8-11-26-14-4-5-16(19)17(20)12-14/h4-5,12,15H,2-3,6-11,13H2,1H3,(H2,21,22,23). The summed E-state index contributed by atoms with van der Waals surface area (Å²) in [5, 5.41) is 6.28. The van der Waals surface area contributed by atoms with Crippen LogP contribution in [0.2, 0.25) is 0 Å². The lowest BCUT2D eigenvalue weighted by Crippen LogP contribution is -2.39. The molecule has 0 aromatic heterocycles. The maximum absolute atomic E-state index is 13.1. The lowest BCUT2D eigenvalue weighted by atomic mass is 10.3. The van der Waals surface area contributed by atoms with Crippen molar-refractivity contribution in [3.05, 3.63) is 29.8 Å². The number of hydrogen-bond donors (Lipinski definition) is 2. The van der Waals surface area contributed by atoms with Crippen LogP contribution in [-0.2, 0) is 9.47 Å². The van der Waals surface area contributed by atoms with Gasteiger partial charge in [-0.05, 0) is 31.9 Å². The van der Waals surface area contributed by atoms with Crippen LogP contribution < -0.4 is 15.4 Å². The monoisotopic (exact) mass is 371 g/mol. The summed E-state index contributed by atoms with van der Waals surface area (Å²) in [5.41, 5.74) is 0. The smallest absolute Gasteiger partial charge is 0.191 e. The number of benzene rings is 1. The molecule has 26 heavy (non-hydrogen) atoms. The molecule has 0 spiro atoms. The van der Waals surface area contributed by atoms with Gasteiger partial charge >= 0.3 is 0 Å². The van der Waals surface area contributed by atoms with Crippen LogP contribution >= 0.6 is 0 Å². The molecule has 1 heterocycles. The average molecular weight is 371 g/mol. The molecule has 8 heteroatoms. The lowest BCUT2D eigenvalue weighted by molar-refractivity contribution is 0.0424. The van der Waals surface area contributed by atoms with Crippen molar-refractivity contribution in [3.8, 4) is 5.75 Å². The SMILES string of the molecule is CCNC(=NCCCOC1CCOC1)NCCOc1ccc(F)c(F)c1. The van der Waals surface area contributed by atoms with Crippen LogP contribution in [0.4, 0.5) is 8.78 Å². The van der Waals surface area contributed by atoms with E-state index >= 15 is 0 Å². The molecule has 0 radical (unpaired) electrons. The van der Waals surface area contributed by atoms with Gasteiger partial charge in [-0.2, -0.15) is 0 Å². The van der Waals surface area contributed by atoms with E-state index in [1.807, 2.05) is 6.92 Å². The number of hydrogen-bond acceptors (Lipinski definition) is 4. The Labute approximate surface area is 152 Å². The van der Waals surface area contributed by atoms with Crippen molar-refractivity contribution < 1.29 is 23.0 Å². The summed E-state index contributed by atoms with van der Waals surface area (Å²) in [6.45, 7) is 6.30. The van der Waals surface area contributed by atoms with Gasteiger partial charge < -0.3 is 24.8 Å². The molecule has 1 unspecified atom stereocenters. The maximum atomic E-state index is 13.1. The largest absolute Gasteiger partial charge is 0.492 e. The first-order chi connectivity index (χ1) is 12.7. The van der Waals surface area contributed by atoms with Crippen molar-refractivity contribution in [2.24, 2.45) is 4.99 Å². The molecule has 1 fully saturated rings. The van der Waals surface area contributed by atoms with Crippen LogP contribution in [0.25, 0.3) is 0 Å². The van der Waals surface area contributed by atoms with E-state index < -0.39 is 11.6 Å². The molecule has 1 aliphatic rings. The van der Waals surface area contributed by atoms with E-state index in [0.29, 0.717) is 44.6 Å². The Balaban J connectivity index is 1.61. The first kappa shape index (κ1) is 20.4. The van der Waals surface area contributed by atoms with Crippen molar-refractivity contribution in [2.75, 3.05) is 46.1 Å². The zero-order chi connectivity index (χ0) is 18.6. The molecular formula is C18H27F2N3O3. The second kappa shape index (κ2) is 11.6. The quantitative estimate of drug-likeness (QED) is 0.375. The van der Waals surface area contributed by atoms with Gasteiger partial charge in [-0.15, -0.1) is 0 Å². The van der Waals surface area contributed by atoms with Gasteiger partial charge in [0, 0.05) is 32.4 Å². The topological polar surface area (TPSA) is 64.1 Å². The van der Waals surface area contributed by atoms with Crippen molar-refractivity contribution in [3.63, 3.8) is 0 Å². The molecule has 1 aromatic carbocycles. The first-order valence-electron chi connectivity index (χ1n) is 8.98. The summed E-state index contributed by atoms with van der Waals surface area (Å²) in [6, 6.07) is 3.47. The van der Waals surface area contributed by atoms with Gasteiger partial charge in [0.05, 0.1) is 19.3 Å². The molecule has 0 amide bonds. The van der Waals surface area contributed by atoms with Crippen LogP contribution in [0.3, 0.4) is 0 Å². The molecule has 0 saturated carbocycles. The fourth-order valence-corrected chi connectivity index (χ4v) is 2.40. The van der Waals surface area contributed by atoms with Crippen molar-refractivity contribution in [1.29, 1.82) is 0 Å². The van der Waals surface area contributed by atoms with E-state index in [-0.39, 0.29) is 6.10 Å². The molecule has 1 atom stereocenters. The minimum absolute atomic E-state index is 0.221. The van der Waals surface area contributed by atoms with Crippen LogP contribution in [0.1, 0.15) is 19.8 Å². The van der Waals surface area contributed by atoms with Crippen LogP contribution in [0, 0.1) is 11.6 Å². The molecule has 2 N–H and O–H groups in total. The summed E-state index contributed by atoms with van der Waals surface area (Å²) in [7, 11) is 0. The normalized spacial score (nSPS) is 17.3. The van der Waals surface area contributed by atoms with E-state index in [4.69, 9.17) is 14.2 Å². The number of nitrogens with one attached hydrogen (secondary N) is 2. The second-order valence-corrected chi connectivity index (χ2v) is 5.82. The number of aliphatic imine (C=N–C) groups is 1. The highest BCUT2D eigenvalue weighted by molar-refractivity contribution is 5.79. The van der Waals surface area contributed by atoms with Gasteiger partial charge in [0.1, 0.15) is 12.4 Å². The Morgan fingerprint density at radius 2 is 2.15 bits per heavy atom. The third kappa shape index (κ3) is 7.53. The van der Waals surface area contributed by atoms with Gasteiger partial charge in [0.15, 0.2) is 17.6 Å². The van der Waals surface area contributed by atoms with Gasteiger partial charge in [0.25, 0.3) is 0 Å². The molecule has 1 saturated heterocycles. The molecule has 146 valence electrons. The fourth-order valence-electron chi connectivity index (χ4n) is 2.40. The Kier molecular flexibility index (Phi) is 9.13. The van der Waals surface area contributed by atoms with E-state index in [1.54, 1.807) is 0 Å². The van der Waals surface area contributed by atoms with Crippen molar-refractivity contribution >= 4 is 5.96 Å². The fraction of sp³-hybridized carbons (Fsp3) is 0.611. The minimum atomic E-state index is -0.920. The molecule has 1 aliphatic heterocycles.